The summed E-state index contributed by atoms with van der Waals surface area (Å²) in [4.78, 5) is 2.34. The Kier molecular flexibility index (Phi) is 3.11. The van der Waals surface area contributed by atoms with Crippen molar-refractivity contribution in [2.45, 2.75) is 13.3 Å². The zero-order valence-electron chi connectivity index (χ0n) is 9.16. The molecule has 82 valence electrons. The lowest BCUT2D eigenvalue weighted by Gasteiger charge is -2.31. The van der Waals surface area contributed by atoms with Gasteiger partial charge >= 0.3 is 0 Å². The molecule has 0 atom stereocenters. The van der Waals surface area contributed by atoms with Gasteiger partial charge in [-0.2, -0.15) is 0 Å². The molecule has 0 amide bonds. The Labute approximate surface area is 90.7 Å². The Morgan fingerprint density at radius 2 is 2.07 bits per heavy atom. The largest absolute Gasteiger partial charge is 0.508 e. The summed E-state index contributed by atoms with van der Waals surface area (Å²) in [5.74, 6) is 0.425. The van der Waals surface area contributed by atoms with Gasteiger partial charge in [0, 0.05) is 37.4 Å². The zero-order chi connectivity index (χ0) is 10.7. The molecule has 1 aliphatic heterocycles. The smallest absolute Gasteiger partial charge is 0.120 e. The lowest BCUT2D eigenvalue weighted by Crippen LogP contribution is -2.43. The van der Waals surface area contributed by atoms with Crippen LogP contribution in [0.15, 0.2) is 18.2 Å². The fraction of sp³-hybridized carbons (Fsp3) is 0.500. The highest BCUT2D eigenvalue weighted by molar-refractivity contribution is 5.59. The summed E-state index contributed by atoms with van der Waals surface area (Å²) >= 11 is 0. The van der Waals surface area contributed by atoms with E-state index in [0.29, 0.717) is 5.75 Å². The molecule has 15 heavy (non-hydrogen) atoms. The summed E-state index contributed by atoms with van der Waals surface area (Å²) in [6, 6.07) is 5.79. The summed E-state index contributed by atoms with van der Waals surface area (Å²) in [5.41, 5.74) is 2.26. The first kappa shape index (κ1) is 10.3. The minimum atomic E-state index is 0.425. The Balaban J connectivity index is 2.29. The second-order valence-electron chi connectivity index (χ2n) is 3.87. The first-order chi connectivity index (χ1) is 7.33. The van der Waals surface area contributed by atoms with E-state index in [-0.39, 0.29) is 0 Å². The molecule has 3 nitrogen and oxygen atoms in total. The van der Waals surface area contributed by atoms with Crippen LogP contribution in [0.3, 0.4) is 0 Å². The van der Waals surface area contributed by atoms with Crippen LogP contribution >= 0.6 is 0 Å². The summed E-state index contributed by atoms with van der Waals surface area (Å²) in [5, 5.41) is 13.1. The van der Waals surface area contributed by atoms with E-state index in [4.69, 9.17) is 0 Å². The van der Waals surface area contributed by atoms with Crippen LogP contribution < -0.4 is 10.2 Å². The van der Waals surface area contributed by atoms with E-state index >= 15 is 0 Å². The third-order valence-electron chi connectivity index (χ3n) is 2.94. The monoisotopic (exact) mass is 206 g/mol. The number of nitrogens with zero attached hydrogens (tertiary/aromatic N) is 1. The van der Waals surface area contributed by atoms with Crippen molar-refractivity contribution in [1.82, 2.24) is 5.32 Å². The van der Waals surface area contributed by atoms with Crippen LogP contribution in [-0.4, -0.2) is 31.3 Å². The van der Waals surface area contributed by atoms with Crippen LogP contribution in [0, 0.1) is 0 Å². The van der Waals surface area contributed by atoms with Crippen molar-refractivity contribution in [3.63, 3.8) is 0 Å². The second kappa shape index (κ2) is 4.53. The Morgan fingerprint density at radius 1 is 1.33 bits per heavy atom. The highest BCUT2D eigenvalue weighted by Crippen LogP contribution is 2.28. The van der Waals surface area contributed by atoms with Gasteiger partial charge < -0.3 is 15.3 Å². The van der Waals surface area contributed by atoms with Crippen molar-refractivity contribution in [3.05, 3.63) is 23.8 Å². The summed E-state index contributed by atoms with van der Waals surface area (Å²) < 4.78 is 0. The molecule has 0 spiro atoms. The molecule has 0 saturated carbocycles. The lowest BCUT2D eigenvalue weighted by atomic mass is 10.1. The Bertz CT molecular complexity index is 332. The molecule has 0 aromatic heterocycles. The van der Waals surface area contributed by atoms with E-state index in [1.165, 1.54) is 5.69 Å². The van der Waals surface area contributed by atoms with Gasteiger partial charge in [0.25, 0.3) is 0 Å². The van der Waals surface area contributed by atoms with Crippen LogP contribution in [0.4, 0.5) is 5.69 Å². The fourth-order valence-electron chi connectivity index (χ4n) is 2.13. The van der Waals surface area contributed by atoms with E-state index in [9.17, 15) is 5.11 Å². The first-order valence-electron chi connectivity index (χ1n) is 5.59. The number of anilines is 1. The van der Waals surface area contributed by atoms with Crippen LogP contribution in [0.25, 0.3) is 0 Å². The molecular weight excluding hydrogens is 188 g/mol. The molecule has 0 aliphatic carbocycles. The van der Waals surface area contributed by atoms with Gasteiger partial charge in [0.2, 0.25) is 0 Å². The summed E-state index contributed by atoms with van der Waals surface area (Å²) in [6.45, 7) is 6.19. The third-order valence-corrected chi connectivity index (χ3v) is 2.94. The Morgan fingerprint density at radius 3 is 2.73 bits per heavy atom. The summed E-state index contributed by atoms with van der Waals surface area (Å²) in [6.07, 6.45) is 0.881. The number of benzene rings is 1. The number of hydrogen-bond acceptors (Lipinski definition) is 3. The molecule has 1 heterocycles. The van der Waals surface area contributed by atoms with Gasteiger partial charge in [0.05, 0.1) is 0 Å². The van der Waals surface area contributed by atoms with Crippen LogP contribution in [-0.2, 0) is 6.42 Å². The quantitative estimate of drug-likeness (QED) is 0.767. The molecule has 2 rings (SSSR count). The minimum Gasteiger partial charge on any atom is -0.508 e. The van der Waals surface area contributed by atoms with Crippen LogP contribution in [0.1, 0.15) is 12.5 Å². The van der Waals surface area contributed by atoms with E-state index in [1.54, 1.807) is 6.07 Å². The molecule has 0 bridgehead atoms. The topological polar surface area (TPSA) is 35.5 Å². The molecule has 1 saturated heterocycles. The maximum Gasteiger partial charge on any atom is 0.120 e. The molecule has 2 N–H and O–H groups in total. The standard InChI is InChI=1S/C12H18N2O/c1-2-10-11(4-3-5-12(10)15)14-8-6-13-7-9-14/h3-5,13,15H,2,6-9H2,1H3. The number of phenols is 1. The van der Waals surface area contributed by atoms with Crippen LogP contribution in [0.5, 0.6) is 5.75 Å². The maximum absolute atomic E-state index is 9.78. The highest BCUT2D eigenvalue weighted by atomic mass is 16.3. The average Bonchev–Trinajstić information content (AvgIpc) is 2.30. The molecule has 1 aromatic rings. The van der Waals surface area contributed by atoms with Crippen molar-refractivity contribution in [2.24, 2.45) is 0 Å². The third kappa shape index (κ3) is 2.07. The molecular formula is C12H18N2O. The van der Waals surface area contributed by atoms with Crippen molar-refractivity contribution in [3.8, 4) is 5.75 Å². The SMILES string of the molecule is CCc1c(O)cccc1N1CCNCC1. The van der Waals surface area contributed by atoms with Gasteiger partial charge in [-0.3, -0.25) is 0 Å². The maximum atomic E-state index is 9.78. The normalized spacial score (nSPS) is 16.7. The molecule has 0 radical (unpaired) electrons. The molecule has 1 aliphatic rings. The van der Waals surface area contributed by atoms with Crippen molar-refractivity contribution in [1.29, 1.82) is 0 Å². The molecule has 1 fully saturated rings. The molecule has 0 unspecified atom stereocenters. The predicted octanol–water partition coefficient (Wildman–Crippen LogP) is 1.36. The van der Waals surface area contributed by atoms with Gasteiger partial charge in [-0.25, -0.2) is 0 Å². The Hall–Kier alpha value is -1.22. The fourth-order valence-corrected chi connectivity index (χ4v) is 2.13. The number of nitrogens with one attached hydrogen (secondary N) is 1. The zero-order valence-corrected chi connectivity index (χ0v) is 9.16. The van der Waals surface area contributed by atoms with E-state index in [1.807, 2.05) is 6.07 Å². The van der Waals surface area contributed by atoms with E-state index in [2.05, 4.69) is 23.2 Å². The first-order valence-corrected chi connectivity index (χ1v) is 5.59. The lowest BCUT2D eigenvalue weighted by molar-refractivity contribution is 0.468. The van der Waals surface area contributed by atoms with E-state index in [0.717, 1.165) is 38.2 Å². The number of hydrogen-bond donors (Lipinski definition) is 2. The number of piperazine rings is 1. The molecule has 1 aromatic carbocycles. The van der Waals surface area contributed by atoms with Gasteiger partial charge in [-0.05, 0) is 18.6 Å². The highest BCUT2D eigenvalue weighted by Gasteiger charge is 2.14. The van der Waals surface area contributed by atoms with Gasteiger partial charge in [0.1, 0.15) is 5.75 Å². The predicted molar refractivity (Wildman–Crippen MR) is 62.6 cm³/mol. The average molecular weight is 206 g/mol. The van der Waals surface area contributed by atoms with Gasteiger partial charge in [0.15, 0.2) is 0 Å². The van der Waals surface area contributed by atoms with E-state index < -0.39 is 0 Å². The van der Waals surface area contributed by atoms with Crippen molar-refractivity contribution >= 4 is 5.69 Å². The minimum absolute atomic E-state index is 0.425. The van der Waals surface area contributed by atoms with Gasteiger partial charge in [-0.15, -0.1) is 0 Å². The van der Waals surface area contributed by atoms with Crippen LogP contribution in [0.2, 0.25) is 0 Å². The second-order valence-corrected chi connectivity index (χ2v) is 3.87. The number of aromatic hydroxyl groups is 1. The summed E-state index contributed by atoms with van der Waals surface area (Å²) in [7, 11) is 0. The van der Waals surface area contributed by atoms with Crippen molar-refractivity contribution in [2.75, 3.05) is 31.1 Å². The van der Waals surface area contributed by atoms with Crippen molar-refractivity contribution < 1.29 is 5.11 Å². The number of rotatable bonds is 2. The molecule has 3 heteroatoms. The number of phenolic OH excluding ortho intramolecular Hbond substituents is 1. The van der Waals surface area contributed by atoms with Gasteiger partial charge in [-0.1, -0.05) is 13.0 Å².